The number of nitrogens with two attached hydrogens (primary N) is 2. The molecule has 0 saturated carbocycles. The first kappa shape index (κ1) is 12.9. The van der Waals surface area contributed by atoms with E-state index in [9.17, 15) is 18.0 Å². The van der Waals surface area contributed by atoms with Gasteiger partial charge >= 0.3 is 10.1 Å². The molecule has 4 N–H and O–H groups in total. The van der Waals surface area contributed by atoms with Gasteiger partial charge in [-0.2, -0.15) is 8.42 Å². The maximum atomic E-state index is 12.8. The average molecular weight is 393 g/mol. The van der Waals surface area contributed by atoms with Crippen LogP contribution in [0.2, 0.25) is 2.82 Å². The van der Waals surface area contributed by atoms with E-state index in [1.165, 1.54) is 24.3 Å². The normalized spacial score (nSPS) is 22.7. The molecule has 0 radical (unpaired) electrons. The van der Waals surface area contributed by atoms with Crippen LogP contribution < -0.4 is 11.5 Å². The Hall–Kier alpha value is -3.33. The summed E-state index contributed by atoms with van der Waals surface area (Å²) in [4.78, 5) is 24.5. The Bertz CT molecular complexity index is 1200. The van der Waals surface area contributed by atoms with Gasteiger partial charge in [-0.3, -0.25) is 9.59 Å². The minimum Gasteiger partial charge on any atom is -0.460 e. The van der Waals surface area contributed by atoms with Crippen LogP contribution in [0.5, 0.6) is 0 Å². The monoisotopic (exact) mass is 393 g/mol. The molecule has 1 heterocycles. The van der Waals surface area contributed by atoms with E-state index in [1.54, 1.807) is 6.07 Å². The van der Waals surface area contributed by atoms with Crippen molar-refractivity contribution in [3.8, 4) is 0 Å². The number of hydrogen-bond acceptors (Lipinski definition) is 7. The quantitative estimate of drug-likeness (QED) is 0.701. The largest absolute Gasteiger partial charge is 0.460 e. The van der Waals surface area contributed by atoms with Gasteiger partial charge in [0.1, 0.15) is 5.70 Å². The lowest BCUT2D eigenvalue weighted by Crippen LogP contribution is -2.16. The highest BCUT2D eigenvalue weighted by Gasteiger charge is 2.39. The molecule has 9 heteroatoms. The third-order valence-electron chi connectivity index (χ3n) is 3.45. The van der Waals surface area contributed by atoms with Gasteiger partial charge in [0, 0.05) is 11.1 Å². The molecule has 0 aliphatic carbocycles. The van der Waals surface area contributed by atoms with Crippen molar-refractivity contribution in [3.05, 3.63) is 82.9 Å². The molecule has 0 fully saturated rings. The molecule has 1 amide bonds. The number of ketones is 1. The summed E-state index contributed by atoms with van der Waals surface area (Å²) in [5, 5.41) is 0. The van der Waals surface area contributed by atoms with Crippen LogP contribution in [0.4, 0.5) is 0 Å². The number of ether oxygens (including phenoxy) is 1. The van der Waals surface area contributed by atoms with Crippen LogP contribution in [0.3, 0.4) is 0 Å². The zero-order valence-electron chi connectivity index (χ0n) is 18.6. The first-order valence-corrected chi connectivity index (χ1v) is 8.88. The van der Waals surface area contributed by atoms with Crippen molar-refractivity contribution in [3.63, 3.8) is 0 Å². The van der Waals surface area contributed by atoms with Crippen molar-refractivity contribution < 1.29 is 33.9 Å². The highest BCUT2D eigenvalue weighted by atomic mass is 32.2. The summed E-state index contributed by atoms with van der Waals surface area (Å²) in [5.74, 6) is -4.15. The summed E-state index contributed by atoms with van der Waals surface area (Å²) in [6.45, 7) is 0. The first-order chi connectivity index (χ1) is 14.8. The third kappa shape index (κ3) is 4.09. The number of benzene rings is 2. The molecular weight excluding hydrogens is 372 g/mol. The summed E-state index contributed by atoms with van der Waals surface area (Å²) >= 11 is 0. The molecule has 0 bridgehead atoms. The molecule has 1 atom stereocenters. The van der Waals surface area contributed by atoms with Gasteiger partial charge in [-0.1, -0.05) is 42.5 Å². The van der Waals surface area contributed by atoms with Gasteiger partial charge in [0.05, 0.1) is 4.11 Å². The van der Waals surface area contributed by atoms with Crippen molar-refractivity contribution in [1.82, 2.24) is 0 Å². The summed E-state index contributed by atoms with van der Waals surface area (Å²) in [6.07, 6.45) is -2.56. The van der Waals surface area contributed by atoms with Gasteiger partial charge in [0.2, 0.25) is 23.3 Å². The minimum absolute atomic E-state index is 0.0798. The van der Waals surface area contributed by atoms with Crippen molar-refractivity contribution in [2.24, 2.45) is 11.5 Å². The van der Waals surface area contributed by atoms with Crippen LogP contribution in [0, 0.1) is 0 Å². The molecule has 140 valence electrons. The van der Waals surface area contributed by atoms with Gasteiger partial charge in [-0.15, -0.1) is 0 Å². The van der Waals surface area contributed by atoms with E-state index in [1.807, 2.05) is 0 Å². The number of carbonyl (C=O) groups is 2. The highest BCUT2D eigenvalue weighted by molar-refractivity contribution is 7.86. The summed E-state index contributed by atoms with van der Waals surface area (Å²) in [5.41, 5.74) is 1.91. The van der Waals surface area contributed by atoms with E-state index in [-0.39, 0.29) is 22.4 Å². The smallest absolute Gasteiger partial charge is 0.313 e. The van der Waals surface area contributed by atoms with Crippen LogP contribution >= 0.6 is 0 Å². The Kier molecular flexibility index (Phi) is 3.41. The highest BCUT2D eigenvalue weighted by Crippen LogP contribution is 2.32. The molecule has 8 nitrogen and oxygen atoms in total. The number of hydrogen-bond donors (Lipinski definition) is 2. The van der Waals surface area contributed by atoms with Crippen molar-refractivity contribution in [1.29, 1.82) is 0 Å². The van der Waals surface area contributed by atoms with Crippen molar-refractivity contribution >= 4 is 21.8 Å². The fraction of sp³-hybridized carbons (Fsp3) is 0.111. The Morgan fingerprint density at radius 3 is 2.52 bits per heavy atom. The summed E-state index contributed by atoms with van der Waals surface area (Å²) < 4.78 is 73.1. The van der Waals surface area contributed by atoms with Gasteiger partial charge in [0.15, 0.2) is 8.90 Å². The molecular formula is C18H16N2O6S. The van der Waals surface area contributed by atoms with Crippen LogP contribution in [0.1, 0.15) is 31.7 Å². The van der Waals surface area contributed by atoms with Gasteiger partial charge in [-0.05, 0) is 17.7 Å². The number of amides is 1. The molecule has 1 aliphatic heterocycles. The fourth-order valence-electron chi connectivity index (χ4n) is 2.23. The maximum absolute atomic E-state index is 12.8. The van der Waals surface area contributed by atoms with Gasteiger partial charge < -0.3 is 20.4 Å². The van der Waals surface area contributed by atoms with E-state index in [0.717, 1.165) is 24.3 Å². The zero-order valence-corrected chi connectivity index (χ0v) is 14.4. The average Bonchev–Trinajstić information content (AvgIpc) is 2.97. The van der Waals surface area contributed by atoms with E-state index in [4.69, 9.17) is 21.6 Å². The van der Waals surface area contributed by atoms with E-state index < -0.39 is 45.2 Å². The Morgan fingerprint density at radius 1 is 1.22 bits per heavy atom. The first-order valence-electron chi connectivity index (χ1n) is 9.86. The second-order valence-electron chi connectivity index (χ2n) is 5.34. The van der Waals surface area contributed by atoms with E-state index in [2.05, 4.69) is 0 Å². The van der Waals surface area contributed by atoms with Crippen molar-refractivity contribution in [2.75, 3.05) is 0 Å². The number of primary amides is 1. The molecule has 2 aromatic carbocycles. The third-order valence-corrected chi connectivity index (χ3v) is 4.32. The van der Waals surface area contributed by atoms with E-state index in [0.29, 0.717) is 0 Å². The van der Waals surface area contributed by atoms with Crippen LogP contribution in [0.25, 0.3) is 0 Å². The zero-order chi connectivity index (χ0) is 23.9. The predicted octanol–water partition coefficient (Wildman–Crippen LogP) is 1.10. The lowest BCUT2D eigenvalue weighted by Gasteiger charge is -2.10. The minimum atomic E-state index is -5.10. The SMILES string of the molecule is [2H]N([2H])C(=O)c1ccc([C@@]2([2H])OC(N)=C(OS(=O)(=O)C([2H])([2H])c3ccccc3)C2=O)cc1. The van der Waals surface area contributed by atoms with Crippen LogP contribution in [-0.4, -0.2) is 20.1 Å². The molecule has 0 spiro atoms. The van der Waals surface area contributed by atoms with Crippen LogP contribution in [-0.2, 0) is 29.5 Å². The molecule has 1 aliphatic rings. The lowest BCUT2D eigenvalue weighted by atomic mass is 10.0. The standard InChI is InChI=1S/C18H16N2O6S/c19-17(22)13-8-6-12(7-9-13)15-14(21)16(18(20)25-15)26-27(23,24)10-11-4-2-1-3-5-11/h1-9,15H,10,20H2,(H2,19,22)/t15-/m1/s1/i10D2,15D/hD2. The number of rotatable bonds is 6. The van der Waals surface area contributed by atoms with Gasteiger partial charge in [0.25, 0.3) is 0 Å². The lowest BCUT2D eigenvalue weighted by molar-refractivity contribution is -0.123. The molecule has 0 aromatic heterocycles. The molecule has 0 saturated heterocycles. The molecule has 3 rings (SSSR count). The summed E-state index contributed by atoms with van der Waals surface area (Å²) in [7, 11) is -5.10. The maximum Gasteiger partial charge on any atom is 0.313 e. The predicted molar refractivity (Wildman–Crippen MR) is 95.2 cm³/mol. The Balaban J connectivity index is 1.89. The second kappa shape index (κ2) is 7.12. The molecule has 0 unspecified atom stereocenters. The molecule has 2 aromatic rings. The summed E-state index contributed by atoms with van der Waals surface area (Å²) in [6, 6.07) is 11.4. The number of carbonyl (C=O) groups excluding carboxylic acids is 2. The van der Waals surface area contributed by atoms with Crippen molar-refractivity contribution in [2.45, 2.75) is 11.8 Å². The number of Topliss-reactive ketones (excluding diaryl/α,β-unsaturated/α-hetero) is 1. The topological polar surface area (TPSA) is 139 Å². The molecule has 27 heavy (non-hydrogen) atoms. The second-order valence-corrected chi connectivity index (χ2v) is 6.62. The van der Waals surface area contributed by atoms with Crippen LogP contribution in [0.15, 0.2) is 66.2 Å². The Labute approximate surface area is 162 Å². The van der Waals surface area contributed by atoms with Gasteiger partial charge in [-0.25, -0.2) is 0 Å². The van der Waals surface area contributed by atoms with E-state index >= 15 is 0 Å². The Morgan fingerprint density at radius 2 is 1.89 bits per heavy atom. The fourth-order valence-corrected chi connectivity index (χ4v) is 3.08.